The molecule has 2 N–H and O–H groups in total. The van der Waals surface area contributed by atoms with Gasteiger partial charge in [0.25, 0.3) is 0 Å². The Kier molecular flexibility index (Phi) is 6.63. The molecule has 0 aliphatic rings. The minimum absolute atomic E-state index is 0.0250. The van der Waals surface area contributed by atoms with Crippen molar-refractivity contribution in [2.45, 2.75) is 38.6 Å². The lowest BCUT2D eigenvalue weighted by Gasteiger charge is -2.09. The highest BCUT2D eigenvalue weighted by Gasteiger charge is 2.14. The zero-order valence-electron chi connectivity index (χ0n) is 17.2. The third-order valence-corrected chi connectivity index (χ3v) is 5.98. The molecule has 158 valence electrons. The Morgan fingerprint density at radius 1 is 1.07 bits per heavy atom. The summed E-state index contributed by atoms with van der Waals surface area (Å²) < 4.78 is 28.6. The molecule has 0 spiro atoms. The number of nitrogens with one attached hydrogen (secondary N) is 2. The van der Waals surface area contributed by atoms with Crippen LogP contribution in [0.3, 0.4) is 0 Å². The summed E-state index contributed by atoms with van der Waals surface area (Å²) in [6, 6.07) is 12.2. The maximum atomic E-state index is 12.2. The summed E-state index contributed by atoms with van der Waals surface area (Å²) in [6.45, 7) is 6.11. The van der Waals surface area contributed by atoms with Gasteiger partial charge in [-0.05, 0) is 50.6 Å². The van der Waals surface area contributed by atoms with Gasteiger partial charge in [0.15, 0.2) is 5.82 Å². The quantitative estimate of drug-likeness (QED) is 0.573. The molecule has 0 aliphatic heterocycles. The topological polar surface area (TPSA) is 106 Å². The first-order valence-corrected chi connectivity index (χ1v) is 11.0. The van der Waals surface area contributed by atoms with Crippen molar-refractivity contribution in [3.8, 4) is 5.82 Å². The Labute approximate surface area is 176 Å². The van der Waals surface area contributed by atoms with Gasteiger partial charge in [0.05, 0.1) is 10.6 Å². The van der Waals surface area contributed by atoms with Crippen molar-refractivity contribution in [3.63, 3.8) is 0 Å². The number of hydrogen-bond donors (Lipinski definition) is 2. The van der Waals surface area contributed by atoms with Crippen LogP contribution >= 0.6 is 0 Å². The molecule has 0 aliphatic carbocycles. The Morgan fingerprint density at radius 3 is 2.40 bits per heavy atom. The van der Waals surface area contributed by atoms with E-state index in [2.05, 4.69) is 20.1 Å². The van der Waals surface area contributed by atoms with Gasteiger partial charge in [-0.25, -0.2) is 22.8 Å². The van der Waals surface area contributed by atoms with E-state index >= 15 is 0 Å². The van der Waals surface area contributed by atoms with Gasteiger partial charge < -0.3 is 5.32 Å². The molecule has 3 aromatic rings. The van der Waals surface area contributed by atoms with E-state index in [0.717, 1.165) is 22.5 Å². The van der Waals surface area contributed by atoms with Crippen LogP contribution in [0.4, 0.5) is 0 Å². The fraction of sp³-hybridized carbons (Fsp3) is 0.286. The number of sulfonamides is 1. The maximum absolute atomic E-state index is 12.2. The Balaban J connectivity index is 1.46. The normalized spacial score (nSPS) is 11.4. The number of hydrogen-bond acceptors (Lipinski definition) is 5. The summed E-state index contributed by atoms with van der Waals surface area (Å²) in [7, 11) is -3.62. The number of rotatable bonds is 8. The second kappa shape index (κ2) is 9.19. The van der Waals surface area contributed by atoms with Crippen LogP contribution < -0.4 is 10.0 Å². The van der Waals surface area contributed by atoms with Gasteiger partial charge in [-0.15, -0.1) is 0 Å². The average Bonchev–Trinajstić information content (AvgIpc) is 3.05. The lowest BCUT2D eigenvalue weighted by molar-refractivity contribution is -0.121. The molecule has 0 radical (unpaired) electrons. The zero-order chi connectivity index (χ0) is 21.7. The van der Waals surface area contributed by atoms with Crippen LogP contribution in [-0.4, -0.2) is 35.6 Å². The summed E-state index contributed by atoms with van der Waals surface area (Å²) in [5.41, 5.74) is 3.73. The summed E-state index contributed by atoms with van der Waals surface area (Å²) in [6.07, 6.45) is 1.73. The van der Waals surface area contributed by atoms with Crippen LogP contribution in [0.25, 0.3) is 5.82 Å². The number of aromatic nitrogens is 3. The number of nitrogens with zero attached hydrogens (tertiary/aromatic N) is 3. The lowest BCUT2D eigenvalue weighted by atomic mass is 10.2. The van der Waals surface area contributed by atoms with Crippen molar-refractivity contribution in [3.05, 3.63) is 71.2 Å². The number of carbonyl (C=O) groups excluding carboxylic acids is 1. The molecule has 0 fully saturated rings. The summed E-state index contributed by atoms with van der Waals surface area (Å²) in [5.74, 6) is 0.463. The molecule has 2 heterocycles. The Morgan fingerprint density at radius 2 is 1.80 bits per heavy atom. The van der Waals surface area contributed by atoms with E-state index in [-0.39, 0.29) is 23.8 Å². The van der Waals surface area contributed by atoms with E-state index in [4.69, 9.17) is 0 Å². The Bertz CT molecular complexity index is 1120. The van der Waals surface area contributed by atoms with Gasteiger partial charge in [-0.3, -0.25) is 4.79 Å². The van der Waals surface area contributed by atoms with Gasteiger partial charge in [0.1, 0.15) is 0 Å². The fourth-order valence-electron chi connectivity index (χ4n) is 2.90. The van der Waals surface area contributed by atoms with Crippen LogP contribution in [0.1, 0.15) is 28.9 Å². The molecular weight excluding hydrogens is 402 g/mol. The van der Waals surface area contributed by atoms with Crippen molar-refractivity contribution in [1.29, 1.82) is 0 Å². The molecule has 0 unspecified atom stereocenters. The van der Waals surface area contributed by atoms with Gasteiger partial charge in [0.2, 0.25) is 15.9 Å². The fourth-order valence-corrected chi connectivity index (χ4v) is 3.93. The predicted octanol–water partition coefficient (Wildman–Crippen LogP) is 2.18. The second-order valence-electron chi connectivity index (χ2n) is 7.10. The van der Waals surface area contributed by atoms with E-state index in [1.807, 2.05) is 39.0 Å². The average molecular weight is 428 g/mol. The minimum atomic E-state index is -3.62. The smallest absolute Gasteiger partial charge is 0.240 e. The minimum Gasteiger partial charge on any atom is -0.352 e. The molecule has 0 atom stereocenters. The monoisotopic (exact) mass is 427 g/mol. The van der Waals surface area contributed by atoms with Crippen molar-refractivity contribution < 1.29 is 13.2 Å². The van der Waals surface area contributed by atoms with Crippen molar-refractivity contribution >= 4 is 15.9 Å². The van der Waals surface area contributed by atoms with Crippen LogP contribution in [-0.2, 0) is 21.4 Å². The van der Waals surface area contributed by atoms with Crippen LogP contribution in [0.5, 0.6) is 0 Å². The van der Waals surface area contributed by atoms with Crippen molar-refractivity contribution in [2.24, 2.45) is 0 Å². The standard InChI is InChI=1S/C21H25N5O3S/c1-15-4-7-19(8-5-15)30(28,29)24-11-10-21(27)23-14-18-6-9-20(22-13-18)26-17(3)12-16(2)25-26/h4-9,12-13,24H,10-11,14H2,1-3H3,(H,23,27). The van der Waals surface area contributed by atoms with E-state index < -0.39 is 10.0 Å². The number of carbonyl (C=O) groups is 1. The van der Waals surface area contributed by atoms with Crippen molar-refractivity contribution in [1.82, 2.24) is 24.8 Å². The first-order valence-electron chi connectivity index (χ1n) is 9.56. The molecule has 9 heteroatoms. The molecule has 0 bridgehead atoms. The third kappa shape index (κ3) is 5.52. The molecule has 1 amide bonds. The van der Waals surface area contributed by atoms with Crippen LogP contribution in [0, 0.1) is 20.8 Å². The second-order valence-corrected chi connectivity index (χ2v) is 8.87. The molecule has 30 heavy (non-hydrogen) atoms. The molecule has 0 saturated carbocycles. The van der Waals surface area contributed by atoms with Gasteiger partial charge in [-0.1, -0.05) is 23.8 Å². The van der Waals surface area contributed by atoms with Crippen LogP contribution in [0.15, 0.2) is 53.6 Å². The number of amides is 1. The lowest BCUT2D eigenvalue weighted by Crippen LogP contribution is -2.30. The van der Waals surface area contributed by atoms with Gasteiger partial charge in [0, 0.05) is 31.4 Å². The molecule has 3 rings (SSSR count). The molecule has 2 aromatic heterocycles. The number of aryl methyl sites for hydroxylation is 3. The number of benzene rings is 1. The zero-order valence-corrected chi connectivity index (χ0v) is 18.0. The summed E-state index contributed by atoms with van der Waals surface area (Å²) >= 11 is 0. The molecule has 8 nitrogen and oxygen atoms in total. The summed E-state index contributed by atoms with van der Waals surface area (Å²) in [5, 5.41) is 7.16. The van der Waals surface area contributed by atoms with Crippen LogP contribution in [0.2, 0.25) is 0 Å². The predicted molar refractivity (Wildman–Crippen MR) is 114 cm³/mol. The highest BCUT2D eigenvalue weighted by molar-refractivity contribution is 7.89. The Hall–Kier alpha value is -3.04. The first-order chi connectivity index (χ1) is 14.2. The molecular formula is C21H25N5O3S. The van der Waals surface area contributed by atoms with Gasteiger partial charge in [-0.2, -0.15) is 5.10 Å². The molecule has 0 saturated heterocycles. The van der Waals surface area contributed by atoms with E-state index in [0.29, 0.717) is 12.4 Å². The maximum Gasteiger partial charge on any atom is 0.240 e. The first kappa shape index (κ1) is 21.7. The molecule has 1 aromatic carbocycles. The largest absolute Gasteiger partial charge is 0.352 e. The van der Waals surface area contributed by atoms with E-state index in [1.54, 1.807) is 35.1 Å². The van der Waals surface area contributed by atoms with Gasteiger partial charge >= 0.3 is 0 Å². The highest BCUT2D eigenvalue weighted by Crippen LogP contribution is 2.11. The van der Waals surface area contributed by atoms with Crippen molar-refractivity contribution in [2.75, 3.05) is 6.54 Å². The third-order valence-electron chi connectivity index (χ3n) is 4.50. The highest BCUT2D eigenvalue weighted by atomic mass is 32.2. The SMILES string of the molecule is Cc1ccc(S(=O)(=O)NCCC(=O)NCc2ccc(-n3nc(C)cc3C)nc2)cc1. The summed E-state index contributed by atoms with van der Waals surface area (Å²) in [4.78, 5) is 16.6. The number of pyridine rings is 1. The van der Waals surface area contributed by atoms with E-state index in [1.165, 1.54) is 0 Å². The van der Waals surface area contributed by atoms with E-state index in [9.17, 15) is 13.2 Å².